The molecule has 4 aromatic heterocycles. The molecule has 198 valence electrons. The Kier molecular flexibility index (Phi) is 7.15. The van der Waals surface area contributed by atoms with Gasteiger partial charge in [-0.3, -0.25) is 4.90 Å². The van der Waals surface area contributed by atoms with Crippen molar-refractivity contribution >= 4 is 28.4 Å². The molecule has 1 saturated heterocycles. The van der Waals surface area contributed by atoms with E-state index in [1.807, 2.05) is 11.0 Å². The van der Waals surface area contributed by atoms with E-state index in [1.165, 1.54) is 4.57 Å². The Labute approximate surface area is 211 Å². The summed E-state index contributed by atoms with van der Waals surface area (Å²) in [6.07, 6.45) is -1.20. The van der Waals surface area contributed by atoms with E-state index in [9.17, 15) is 13.2 Å². The fourth-order valence-electron chi connectivity index (χ4n) is 4.81. The van der Waals surface area contributed by atoms with E-state index in [2.05, 4.69) is 30.7 Å². The van der Waals surface area contributed by atoms with E-state index < -0.39 is 25.2 Å². The number of rotatable bonds is 9. The van der Waals surface area contributed by atoms with Crippen molar-refractivity contribution in [1.82, 2.24) is 34.0 Å². The van der Waals surface area contributed by atoms with Gasteiger partial charge in [-0.1, -0.05) is 0 Å². The minimum atomic E-state index is -2.52. The molecule has 1 fully saturated rings. The summed E-state index contributed by atoms with van der Waals surface area (Å²) in [5, 5.41) is 10.8. The van der Waals surface area contributed by atoms with Crippen LogP contribution in [0.25, 0.3) is 27.9 Å². The second-order valence-corrected chi connectivity index (χ2v) is 9.11. The molecule has 0 spiro atoms. The molecule has 5 heterocycles. The van der Waals surface area contributed by atoms with Crippen LogP contribution in [0.1, 0.15) is 12.2 Å². The van der Waals surface area contributed by atoms with E-state index in [0.29, 0.717) is 66.1 Å². The number of anilines is 2. The topological polar surface area (TPSA) is 97.4 Å². The van der Waals surface area contributed by atoms with Crippen LogP contribution in [0, 0.1) is 6.92 Å². The maximum absolute atomic E-state index is 14.9. The van der Waals surface area contributed by atoms with Gasteiger partial charge in [-0.05, 0) is 31.5 Å². The number of fused-ring (bicyclic) bond motifs is 2. The van der Waals surface area contributed by atoms with Crippen LogP contribution in [-0.2, 0) is 11.3 Å². The van der Waals surface area contributed by atoms with Gasteiger partial charge in [0.2, 0.25) is 5.95 Å². The van der Waals surface area contributed by atoms with Gasteiger partial charge in [-0.25, -0.2) is 27.7 Å². The number of nitrogens with one attached hydrogen (secondary N) is 2. The minimum Gasteiger partial charge on any atom is -0.383 e. The van der Waals surface area contributed by atoms with Crippen LogP contribution in [-0.4, -0.2) is 93.1 Å². The molecule has 2 atom stereocenters. The number of aromatic nitrogens is 6. The standard InChI is InChI=1S/C24H30F3N9O/c1-14-29-19-5-4-17(30-23(19)35(14)13-20(26)27)15-6-9-36-21(15)22(28-2)32-24(33-36)31-18-7-8-34(10-11-37-3)12-16(18)25/h4-6,9,16,18,20H,7-8,10-13H2,1-3H3,(H2,28,31,32,33)/t16-,18?/m0/s1. The molecule has 37 heavy (non-hydrogen) atoms. The summed E-state index contributed by atoms with van der Waals surface area (Å²) in [4.78, 5) is 15.7. The SMILES string of the molecule is CNc1nc(NC2CCN(CCOC)C[C@@H]2F)nn2ccc(-c3ccc4nc(C)n(CC(F)F)c4n3)c12. The first-order valence-electron chi connectivity index (χ1n) is 12.2. The predicted molar refractivity (Wildman–Crippen MR) is 135 cm³/mol. The molecule has 0 bridgehead atoms. The van der Waals surface area contributed by atoms with Crippen molar-refractivity contribution in [2.24, 2.45) is 0 Å². The summed E-state index contributed by atoms with van der Waals surface area (Å²) in [6, 6.07) is 5.01. The van der Waals surface area contributed by atoms with Crippen molar-refractivity contribution in [2.75, 3.05) is 51.0 Å². The lowest BCUT2D eigenvalue weighted by Gasteiger charge is -2.34. The molecular weight excluding hydrogens is 487 g/mol. The Balaban J connectivity index is 1.44. The van der Waals surface area contributed by atoms with Gasteiger partial charge in [0.25, 0.3) is 6.43 Å². The first-order valence-corrected chi connectivity index (χ1v) is 12.2. The second-order valence-electron chi connectivity index (χ2n) is 9.11. The van der Waals surface area contributed by atoms with Crippen LogP contribution >= 0.6 is 0 Å². The predicted octanol–water partition coefficient (Wildman–Crippen LogP) is 3.23. The number of aryl methyl sites for hydroxylation is 1. The summed E-state index contributed by atoms with van der Waals surface area (Å²) >= 11 is 0. The number of alkyl halides is 3. The highest BCUT2D eigenvalue weighted by molar-refractivity contribution is 5.89. The normalized spacial score (nSPS) is 18.8. The summed E-state index contributed by atoms with van der Waals surface area (Å²) in [6.45, 7) is 3.56. The lowest BCUT2D eigenvalue weighted by molar-refractivity contribution is 0.0918. The average molecular weight is 518 g/mol. The van der Waals surface area contributed by atoms with Gasteiger partial charge in [0.1, 0.15) is 23.0 Å². The van der Waals surface area contributed by atoms with E-state index in [4.69, 9.17) is 4.74 Å². The zero-order valence-corrected chi connectivity index (χ0v) is 21.0. The van der Waals surface area contributed by atoms with E-state index in [0.717, 1.165) is 12.1 Å². The third kappa shape index (κ3) is 5.05. The lowest BCUT2D eigenvalue weighted by atomic mass is 10.0. The Bertz CT molecular complexity index is 1390. The average Bonchev–Trinajstić information content (AvgIpc) is 3.44. The van der Waals surface area contributed by atoms with Crippen LogP contribution in [0.2, 0.25) is 0 Å². The van der Waals surface area contributed by atoms with Crippen LogP contribution in [0.4, 0.5) is 24.9 Å². The molecule has 2 N–H and O–H groups in total. The fraction of sp³-hybridized carbons (Fsp3) is 0.500. The summed E-state index contributed by atoms with van der Waals surface area (Å²) in [7, 11) is 3.38. The fourth-order valence-corrected chi connectivity index (χ4v) is 4.81. The van der Waals surface area contributed by atoms with Crippen molar-refractivity contribution in [2.45, 2.75) is 38.5 Å². The monoisotopic (exact) mass is 517 g/mol. The molecule has 0 saturated carbocycles. The lowest BCUT2D eigenvalue weighted by Crippen LogP contribution is -2.48. The molecule has 10 nitrogen and oxygen atoms in total. The maximum atomic E-state index is 14.9. The number of imidazole rings is 1. The molecule has 5 rings (SSSR count). The van der Waals surface area contributed by atoms with Gasteiger partial charge in [-0.15, -0.1) is 5.10 Å². The van der Waals surface area contributed by atoms with Crippen molar-refractivity contribution in [1.29, 1.82) is 0 Å². The van der Waals surface area contributed by atoms with Crippen molar-refractivity contribution in [3.63, 3.8) is 0 Å². The Hall–Kier alpha value is -3.45. The number of halogens is 3. The number of methoxy groups -OCH3 is 1. The molecule has 0 aromatic carbocycles. The Morgan fingerprint density at radius 3 is 2.76 bits per heavy atom. The molecule has 0 aliphatic carbocycles. The minimum absolute atomic E-state index is 0.311. The molecule has 0 radical (unpaired) electrons. The van der Waals surface area contributed by atoms with Crippen LogP contribution < -0.4 is 10.6 Å². The molecule has 1 aliphatic rings. The Morgan fingerprint density at radius 1 is 1.19 bits per heavy atom. The summed E-state index contributed by atoms with van der Waals surface area (Å²) < 4.78 is 49.4. The van der Waals surface area contributed by atoms with Gasteiger partial charge in [0.15, 0.2) is 11.5 Å². The second kappa shape index (κ2) is 10.5. The number of hydrogen-bond donors (Lipinski definition) is 2. The van der Waals surface area contributed by atoms with Crippen molar-refractivity contribution in [3.05, 3.63) is 30.2 Å². The highest BCUT2D eigenvalue weighted by Gasteiger charge is 2.30. The first kappa shape index (κ1) is 25.2. The van der Waals surface area contributed by atoms with E-state index in [1.54, 1.807) is 43.9 Å². The third-order valence-electron chi connectivity index (χ3n) is 6.68. The largest absolute Gasteiger partial charge is 0.383 e. The quantitative estimate of drug-likeness (QED) is 0.349. The molecule has 0 amide bonds. The van der Waals surface area contributed by atoms with E-state index >= 15 is 0 Å². The number of ether oxygens (including phenoxy) is 1. The highest BCUT2D eigenvalue weighted by atomic mass is 19.3. The Morgan fingerprint density at radius 2 is 2.03 bits per heavy atom. The number of pyridine rings is 1. The molecule has 13 heteroatoms. The molecular formula is C24H30F3N9O. The van der Waals surface area contributed by atoms with Crippen molar-refractivity contribution < 1.29 is 17.9 Å². The number of likely N-dealkylation sites (tertiary alicyclic amines) is 1. The zero-order chi connectivity index (χ0) is 26.1. The zero-order valence-electron chi connectivity index (χ0n) is 21.0. The summed E-state index contributed by atoms with van der Waals surface area (Å²) in [5.41, 5.74) is 2.93. The summed E-state index contributed by atoms with van der Waals surface area (Å²) in [5.74, 6) is 1.32. The number of nitrogens with zero attached hydrogens (tertiary/aromatic N) is 7. The van der Waals surface area contributed by atoms with Crippen LogP contribution in [0.5, 0.6) is 0 Å². The number of hydrogen-bond acceptors (Lipinski definition) is 8. The van der Waals surface area contributed by atoms with Gasteiger partial charge in [-0.2, -0.15) is 4.98 Å². The number of piperidine rings is 1. The first-order chi connectivity index (χ1) is 17.9. The van der Waals surface area contributed by atoms with Crippen LogP contribution in [0.15, 0.2) is 24.4 Å². The van der Waals surface area contributed by atoms with Crippen LogP contribution in [0.3, 0.4) is 0 Å². The van der Waals surface area contributed by atoms with E-state index in [-0.39, 0.29) is 0 Å². The van der Waals surface area contributed by atoms with Gasteiger partial charge in [0.05, 0.1) is 24.9 Å². The molecule has 1 unspecified atom stereocenters. The highest BCUT2D eigenvalue weighted by Crippen LogP contribution is 2.31. The maximum Gasteiger partial charge on any atom is 0.256 e. The van der Waals surface area contributed by atoms with Gasteiger partial charge >= 0.3 is 0 Å². The molecule has 4 aromatic rings. The molecule has 1 aliphatic heterocycles. The smallest absolute Gasteiger partial charge is 0.256 e. The van der Waals surface area contributed by atoms with Crippen molar-refractivity contribution in [3.8, 4) is 11.3 Å². The third-order valence-corrected chi connectivity index (χ3v) is 6.68. The van der Waals surface area contributed by atoms with Gasteiger partial charge in [0, 0.05) is 45.6 Å². The van der Waals surface area contributed by atoms with Gasteiger partial charge < -0.3 is 19.9 Å².